The molecule has 5 heteroatoms. The molecule has 2 amide bonds. The third kappa shape index (κ3) is 6.22. The molecule has 0 aliphatic carbocycles. The van der Waals surface area contributed by atoms with Crippen molar-refractivity contribution in [3.8, 4) is 0 Å². The summed E-state index contributed by atoms with van der Waals surface area (Å²) in [5.74, 6) is 0.335. The summed E-state index contributed by atoms with van der Waals surface area (Å²) in [5, 5.41) is 5.93. The zero-order valence-corrected chi connectivity index (χ0v) is 17.8. The van der Waals surface area contributed by atoms with Gasteiger partial charge in [-0.05, 0) is 54.2 Å². The maximum absolute atomic E-state index is 13.1. The maximum atomic E-state index is 13.1. The predicted octanol–water partition coefficient (Wildman–Crippen LogP) is 4.77. The number of amides is 2. The summed E-state index contributed by atoms with van der Waals surface area (Å²) in [6, 6.07) is 26.3. The monoisotopic (exact) mass is 418 g/mol. The lowest BCUT2D eigenvalue weighted by atomic mass is 10.0. The number of para-hydroxylation sites is 1. The van der Waals surface area contributed by atoms with Gasteiger partial charge in [-0.2, -0.15) is 11.8 Å². The van der Waals surface area contributed by atoms with Crippen LogP contribution >= 0.6 is 11.8 Å². The topological polar surface area (TPSA) is 58.2 Å². The fraction of sp³-hybridized carbons (Fsp3) is 0.200. The average Bonchev–Trinajstić information content (AvgIpc) is 2.79. The zero-order chi connectivity index (χ0) is 21.2. The number of hydrogen-bond acceptors (Lipinski definition) is 3. The minimum atomic E-state index is -0.602. The Labute approximate surface area is 182 Å². The highest BCUT2D eigenvalue weighted by molar-refractivity contribution is 7.98. The number of rotatable bonds is 9. The molecule has 4 nitrogen and oxygen atoms in total. The van der Waals surface area contributed by atoms with E-state index in [4.69, 9.17) is 0 Å². The van der Waals surface area contributed by atoms with E-state index < -0.39 is 6.04 Å². The molecule has 0 saturated carbocycles. The molecule has 0 saturated heterocycles. The lowest BCUT2D eigenvalue weighted by Crippen LogP contribution is -2.44. The number of anilines is 1. The second-order valence-electron chi connectivity index (χ2n) is 6.98. The SMILES string of the molecule is CSCCC(NC(=O)c1ccccc1)C(=O)Nc1ccccc1Cc1ccccc1. The van der Waals surface area contributed by atoms with E-state index in [2.05, 4.69) is 22.8 Å². The minimum Gasteiger partial charge on any atom is -0.340 e. The first-order chi connectivity index (χ1) is 14.7. The molecular formula is C25H26N2O2S. The maximum Gasteiger partial charge on any atom is 0.251 e. The number of carbonyl (C=O) groups excluding carboxylic acids is 2. The van der Waals surface area contributed by atoms with Crippen molar-refractivity contribution in [1.82, 2.24) is 5.32 Å². The Balaban J connectivity index is 1.73. The highest BCUT2D eigenvalue weighted by atomic mass is 32.2. The predicted molar refractivity (Wildman–Crippen MR) is 125 cm³/mol. The molecule has 0 bridgehead atoms. The first-order valence-electron chi connectivity index (χ1n) is 9.95. The Hall–Kier alpha value is -3.05. The van der Waals surface area contributed by atoms with E-state index in [0.717, 1.165) is 23.4 Å². The number of nitrogens with one attached hydrogen (secondary N) is 2. The molecule has 3 aromatic carbocycles. The van der Waals surface area contributed by atoms with Crippen LogP contribution in [0.2, 0.25) is 0 Å². The number of carbonyl (C=O) groups is 2. The fourth-order valence-electron chi connectivity index (χ4n) is 3.17. The molecule has 0 aliphatic heterocycles. The number of hydrogen-bond donors (Lipinski definition) is 2. The lowest BCUT2D eigenvalue weighted by Gasteiger charge is -2.19. The first kappa shape index (κ1) is 21.7. The van der Waals surface area contributed by atoms with Gasteiger partial charge in [-0.1, -0.05) is 66.7 Å². The normalized spacial score (nSPS) is 11.5. The van der Waals surface area contributed by atoms with E-state index in [0.29, 0.717) is 12.0 Å². The smallest absolute Gasteiger partial charge is 0.251 e. The van der Waals surface area contributed by atoms with Crippen LogP contribution in [0.3, 0.4) is 0 Å². The summed E-state index contributed by atoms with van der Waals surface area (Å²) in [6.07, 6.45) is 3.28. The van der Waals surface area contributed by atoms with Crippen molar-refractivity contribution in [2.75, 3.05) is 17.3 Å². The van der Waals surface area contributed by atoms with Crippen molar-refractivity contribution in [2.45, 2.75) is 18.9 Å². The largest absolute Gasteiger partial charge is 0.340 e. The quantitative estimate of drug-likeness (QED) is 0.526. The van der Waals surface area contributed by atoms with E-state index in [1.807, 2.05) is 66.9 Å². The van der Waals surface area contributed by atoms with Gasteiger partial charge in [0.25, 0.3) is 5.91 Å². The van der Waals surface area contributed by atoms with Crippen LogP contribution in [0.15, 0.2) is 84.9 Å². The van der Waals surface area contributed by atoms with Crippen LogP contribution in [-0.4, -0.2) is 29.9 Å². The molecule has 2 N–H and O–H groups in total. The Morgan fingerprint density at radius 1 is 0.867 bits per heavy atom. The highest BCUT2D eigenvalue weighted by Gasteiger charge is 2.22. The van der Waals surface area contributed by atoms with Gasteiger partial charge in [0.1, 0.15) is 6.04 Å². The second-order valence-corrected chi connectivity index (χ2v) is 7.97. The standard InChI is InChI=1S/C25H26N2O2S/c1-30-17-16-23(27-24(28)20-12-6-3-7-13-20)25(29)26-22-15-9-8-14-21(22)18-19-10-4-2-5-11-19/h2-15,23H,16-18H2,1H3,(H,26,29)(H,27,28). The summed E-state index contributed by atoms with van der Waals surface area (Å²) >= 11 is 1.65. The zero-order valence-electron chi connectivity index (χ0n) is 17.0. The molecule has 0 heterocycles. The van der Waals surface area contributed by atoms with Crippen LogP contribution in [0.25, 0.3) is 0 Å². The Bertz CT molecular complexity index is 961. The molecule has 1 unspecified atom stereocenters. The van der Waals surface area contributed by atoms with E-state index in [1.54, 1.807) is 23.9 Å². The van der Waals surface area contributed by atoms with E-state index >= 15 is 0 Å². The molecule has 154 valence electrons. The van der Waals surface area contributed by atoms with Gasteiger partial charge in [0.15, 0.2) is 0 Å². The van der Waals surface area contributed by atoms with Gasteiger partial charge in [-0.15, -0.1) is 0 Å². The van der Waals surface area contributed by atoms with Crippen LogP contribution in [0.1, 0.15) is 27.9 Å². The third-order valence-corrected chi connectivity index (χ3v) is 5.43. The Morgan fingerprint density at radius 2 is 1.50 bits per heavy atom. The highest BCUT2D eigenvalue weighted by Crippen LogP contribution is 2.20. The average molecular weight is 419 g/mol. The van der Waals surface area contributed by atoms with Crippen molar-refractivity contribution in [2.24, 2.45) is 0 Å². The Kier molecular flexibility index (Phi) is 8.10. The van der Waals surface area contributed by atoms with Gasteiger partial charge in [-0.25, -0.2) is 0 Å². The molecule has 3 rings (SSSR count). The van der Waals surface area contributed by atoms with E-state index in [1.165, 1.54) is 5.56 Å². The molecule has 0 spiro atoms. The fourth-order valence-corrected chi connectivity index (χ4v) is 3.64. The van der Waals surface area contributed by atoms with Crippen molar-refractivity contribution < 1.29 is 9.59 Å². The molecule has 3 aromatic rings. The lowest BCUT2D eigenvalue weighted by molar-refractivity contribution is -0.118. The van der Waals surface area contributed by atoms with Gasteiger partial charge in [-0.3, -0.25) is 9.59 Å². The van der Waals surface area contributed by atoms with E-state index in [-0.39, 0.29) is 11.8 Å². The van der Waals surface area contributed by atoms with Crippen molar-refractivity contribution in [1.29, 1.82) is 0 Å². The molecule has 30 heavy (non-hydrogen) atoms. The van der Waals surface area contributed by atoms with Gasteiger partial charge < -0.3 is 10.6 Å². The number of benzene rings is 3. The molecule has 0 aromatic heterocycles. The number of thioether (sulfide) groups is 1. The van der Waals surface area contributed by atoms with Crippen LogP contribution in [-0.2, 0) is 11.2 Å². The molecule has 1 atom stereocenters. The van der Waals surface area contributed by atoms with Crippen LogP contribution < -0.4 is 10.6 Å². The van der Waals surface area contributed by atoms with Gasteiger partial charge in [0.2, 0.25) is 5.91 Å². The van der Waals surface area contributed by atoms with Crippen LogP contribution in [0, 0.1) is 0 Å². The van der Waals surface area contributed by atoms with Crippen molar-refractivity contribution in [3.63, 3.8) is 0 Å². The molecule has 0 aliphatic rings. The Morgan fingerprint density at radius 3 is 2.20 bits per heavy atom. The van der Waals surface area contributed by atoms with Crippen LogP contribution in [0.4, 0.5) is 5.69 Å². The summed E-state index contributed by atoms with van der Waals surface area (Å²) < 4.78 is 0. The molecular weight excluding hydrogens is 392 g/mol. The summed E-state index contributed by atoms with van der Waals surface area (Å²) in [7, 11) is 0. The summed E-state index contributed by atoms with van der Waals surface area (Å²) in [4.78, 5) is 25.6. The van der Waals surface area contributed by atoms with Gasteiger partial charge in [0.05, 0.1) is 0 Å². The molecule has 0 fully saturated rings. The first-order valence-corrected chi connectivity index (χ1v) is 11.3. The summed E-state index contributed by atoms with van der Waals surface area (Å²) in [6.45, 7) is 0. The van der Waals surface area contributed by atoms with Crippen molar-refractivity contribution >= 4 is 29.3 Å². The van der Waals surface area contributed by atoms with E-state index in [9.17, 15) is 9.59 Å². The minimum absolute atomic E-state index is 0.200. The van der Waals surface area contributed by atoms with Gasteiger partial charge >= 0.3 is 0 Å². The van der Waals surface area contributed by atoms with Crippen molar-refractivity contribution in [3.05, 3.63) is 102 Å². The van der Waals surface area contributed by atoms with Crippen LogP contribution in [0.5, 0.6) is 0 Å². The van der Waals surface area contributed by atoms with Gasteiger partial charge in [0, 0.05) is 11.3 Å². The molecule has 0 radical (unpaired) electrons. The second kappa shape index (κ2) is 11.2. The summed E-state index contributed by atoms with van der Waals surface area (Å²) in [5.41, 5.74) is 3.53. The third-order valence-electron chi connectivity index (χ3n) is 4.78.